The maximum Gasteiger partial charge on any atom is 0.297 e. The van der Waals surface area contributed by atoms with Crippen molar-refractivity contribution in [2.75, 3.05) is 19.7 Å². The van der Waals surface area contributed by atoms with Crippen LogP contribution in [-0.4, -0.2) is 44.3 Å². The van der Waals surface area contributed by atoms with Crippen LogP contribution in [0.2, 0.25) is 4.34 Å². The van der Waals surface area contributed by atoms with Crippen molar-refractivity contribution >= 4 is 22.9 Å². The lowest BCUT2D eigenvalue weighted by molar-refractivity contribution is -0.182. The number of thiophene rings is 1. The Morgan fingerprint density at radius 1 is 1.26 bits per heavy atom. The number of ether oxygens (including phenoxy) is 1. The first-order valence-electron chi connectivity index (χ1n) is 11.3. The highest BCUT2D eigenvalue weighted by Gasteiger charge is 2.51. The van der Waals surface area contributed by atoms with Crippen LogP contribution < -0.4 is 0 Å². The fourth-order valence-electron chi connectivity index (χ4n) is 4.91. The van der Waals surface area contributed by atoms with Gasteiger partial charge in [-0.3, -0.25) is 4.90 Å². The molecule has 7 nitrogen and oxygen atoms in total. The fraction of sp³-hybridized carbons (Fsp3) is 0.375. The number of fused-ring (bicyclic) bond motifs is 2. The molecular formula is C24H22ClF2N5O2S. The van der Waals surface area contributed by atoms with Gasteiger partial charge in [0, 0.05) is 48.0 Å². The molecule has 0 aromatic carbocycles. The van der Waals surface area contributed by atoms with Crippen molar-refractivity contribution < 1.29 is 17.9 Å². The van der Waals surface area contributed by atoms with Crippen LogP contribution in [-0.2, 0) is 22.8 Å². The largest absolute Gasteiger partial charge is 0.443 e. The predicted molar refractivity (Wildman–Crippen MR) is 127 cm³/mol. The molecule has 0 N–H and O–H groups in total. The van der Waals surface area contributed by atoms with E-state index in [9.17, 15) is 8.78 Å². The average molecular weight is 518 g/mol. The molecule has 0 saturated carbocycles. The van der Waals surface area contributed by atoms with E-state index in [1.165, 1.54) is 23.8 Å². The molecule has 1 fully saturated rings. The maximum absolute atomic E-state index is 14.4. The third kappa shape index (κ3) is 3.98. The molecule has 2 aliphatic rings. The zero-order valence-corrected chi connectivity index (χ0v) is 20.5. The fourth-order valence-corrected chi connectivity index (χ4v) is 6.39. The molecule has 1 spiro atoms. The number of pyridine rings is 1. The van der Waals surface area contributed by atoms with Gasteiger partial charge < -0.3 is 9.15 Å². The van der Waals surface area contributed by atoms with Gasteiger partial charge in [0.25, 0.3) is 5.92 Å². The molecule has 0 aliphatic carbocycles. The van der Waals surface area contributed by atoms with E-state index in [-0.39, 0.29) is 5.56 Å². The standard InChI is InChI=1S/C24H22ClF2N5O2S/c1-15-16(12-32(30-15)22-17(3-2-6-29-22)19-10-28-14-33-19)11-31-7-4-23(5-8-31)21-18(9-20(25)35-21)24(26,27)13-34-23/h2-3,6,9-10,12,14H,4-5,7-8,11,13H2,1H3. The van der Waals surface area contributed by atoms with Gasteiger partial charge in [-0.05, 0) is 38.0 Å². The molecular weight excluding hydrogens is 496 g/mol. The highest BCUT2D eigenvalue weighted by Crippen LogP contribution is 2.52. The summed E-state index contributed by atoms with van der Waals surface area (Å²) in [5.74, 6) is -1.71. The number of nitrogens with zero attached hydrogens (tertiary/aromatic N) is 5. The molecule has 11 heteroatoms. The van der Waals surface area contributed by atoms with Crippen LogP contribution in [0.25, 0.3) is 17.1 Å². The molecule has 1 saturated heterocycles. The summed E-state index contributed by atoms with van der Waals surface area (Å²) in [5.41, 5.74) is 2.12. The molecule has 6 heterocycles. The third-order valence-electron chi connectivity index (χ3n) is 6.80. The number of rotatable bonds is 4. The van der Waals surface area contributed by atoms with Gasteiger partial charge in [-0.2, -0.15) is 13.9 Å². The highest BCUT2D eigenvalue weighted by atomic mass is 35.5. The predicted octanol–water partition coefficient (Wildman–Crippen LogP) is 5.56. The zero-order valence-electron chi connectivity index (χ0n) is 18.9. The Bertz CT molecular complexity index is 1360. The molecule has 4 aromatic heterocycles. The van der Waals surface area contributed by atoms with Gasteiger partial charge in [0.1, 0.15) is 12.2 Å². The van der Waals surface area contributed by atoms with E-state index >= 15 is 0 Å². The number of piperidine rings is 1. The summed E-state index contributed by atoms with van der Waals surface area (Å²) in [6.45, 7) is 3.51. The van der Waals surface area contributed by atoms with Crippen molar-refractivity contribution in [1.82, 2.24) is 24.6 Å². The van der Waals surface area contributed by atoms with E-state index in [1.807, 2.05) is 25.3 Å². The molecule has 4 aromatic rings. The van der Waals surface area contributed by atoms with Crippen LogP contribution >= 0.6 is 22.9 Å². The van der Waals surface area contributed by atoms with Crippen LogP contribution in [0.4, 0.5) is 8.78 Å². The van der Waals surface area contributed by atoms with Gasteiger partial charge in [0.2, 0.25) is 0 Å². The number of hydrogen-bond donors (Lipinski definition) is 0. The molecule has 6 rings (SSSR count). The second-order valence-electron chi connectivity index (χ2n) is 8.98. The SMILES string of the molecule is Cc1nn(-c2ncccc2-c2cnco2)cc1CN1CCC2(CC1)OCC(F)(F)c1cc(Cl)sc12. The van der Waals surface area contributed by atoms with Gasteiger partial charge in [-0.1, -0.05) is 11.6 Å². The van der Waals surface area contributed by atoms with E-state index < -0.39 is 18.1 Å². The lowest BCUT2D eigenvalue weighted by atomic mass is 9.84. The summed E-state index contributed by atoms with van der Waals surface area (Å²) in [4.78, 5) is 11.4. The van der Waals surface area contributed by atoms with Crippen molar-refractivity contribution in [3.05, 3.63) is 69.2 Å². The van der Waals surface area contributed by atoms with Gasteiger partial charge in [0.15, 0.2) is 18.0 Å². The molecule has 182 valence electrons. The Kier molecular flexibility index (Phi) is 5.52. The van der Waals surface area contributed by atoms with Crippen LogP contribution in [0, 0.1) is 6.92 Å². The molecule has 2 aliphatic heterocycles. The van der Waals surface area contributed by atoms with Gasteiger partial charge in [0.05, 0.1) is 21.8 Å². The van der Waals surface area contributed by atoms with Gasteiger partial charge >= 0.3 is 0 Å². The molecule has 0 bridgehead atoms. The Morgan fingerprint density at radius 3 is 2.86 bits per heavy atom. The van der Waals surface area contributed by atoms with E-state index in [1.54, 1.807) is 17.1 Å². The number of likely N-dealkylation sites (tertiary alicyclic amines) is 1. The number of oxazole rings is 1. The lowest BCUT2D eigenvalue weighted by Gasteiger charge is -2.45. The number of halogens is 3. The Balaban J connectivity index is 1.20. The van der Waals surface area contributed by atoms with Crippen molar-refractivity contribution in [2.24, 2.45) is 0 Å². The third-order valence-corrected chi connectivity index (χ3v) is 8.25. The molecule has 0 unspecified atom stereocenters. The first-order chi connectivity index (χ1) is 16.8. The minimum absolute atomic E-state index is 0.0299. The summed E-state index contributed by atoms with van der Waals surface area (Å²) >= 11 is 7.34. The van der Waals surface area contributed by atoms with Crippen LogP contribution in [0.15, 0.2) is 47.6 Å². The van der Waals surface area contributed by atoms with E-state index in [0.29, 0.717) is 40.2 Å². The molecule has 0 amide bonds. The second-order valence-corrected chi connectivity index (χ2v) is 10.7. The van der Waals surface area contributed by atoms with E-state index in [0.717, 1.165) is 29.9 Å². The lowest BCUT2D eigenvalue weighted by Crippen LogP contribution is -2.48. The number of alkyl halides is 2. The van der Waals surface area contributed by atoms with Crippen molar-refractivity contribution in [2.45, 2.75) is 37.8 Å². The first-order valence-corrected chi connectivity index (χ1v) is 12.5. The van der Waals surface area contributed by atoms with Crippen LogP contribution in [0.3, 0.4) is 0 Å². The Labute approximate surface area is 209 Å². The quantitative estimate of drug-likeness (QED) is 0.353. The Hall–Kier alpha value is -2.66. The minimum atomic E-state index is -3.00. The normalized spacial score (nSPS) is 19.2. The van der Waals surface area contributed by atoms with Crippen LogP contribution in [0.5, 0.6) is 0 Å². The summed E-state index contributed by atoms with van der Waals surface area (Å²) in [5, 5.41) is 4.69. The van der Waals surface area contributed by atoms with Crippen molar-refractivity contribution in [3.63, 3.8) is 0 Å². The average Bonchev–Trinajstić information content (AvgIpc) is 3.60. The monoisotopic (exact) mass is 517 g/mol. The summed E-state index contributed by atoms with van der Waals surface area (Å²) in [6.07, 6.45) is 8.01. The van der Waals surface area contributed by atoms with Crippen molar-refractivity contribution in [1.29, 1.82) is 0 Å². The molecule has 0 atom stereocenters. The minimum Gasteiger partial charge on any atom is -0.443 e. The number of aromatic nitrogens is 4. The summed E-state index contributed by atoms with van der Waals surface area (Å²) in [7, 11) is 0. The maximum atomic E-state index is 14.4. The molecule has 0 radical (unpaired) electrons. The molecule has 35 heavy (non-hydrogen) atoms. The second kappa shape index (κ2) is 8.48. The van der Waals surface area contributed by atoms with E-state index in [2.05, 4.69) is 14.9 Å². The summed E-state index contributed by atoms with van der Waals surface area (Å²) < 4.78 is 42.3. The number of aryl methyl sites for hydroxylation is 1. The zero-order chi connectivity index (χ0) is 24.2. The van der Waals surface area contributed by atoms with Crippen LogP contribution in [0.1, 0.15) is 34.5 Å². The number of hydrogen-bond acceptors (Lipinski definition) is 7. The van der Waals surface area contributed by atoms with E-state index in [4.69, 9.17) is 25.9 Å². The Morgan fingerprint density at radius 2 is 2.09 bits per heavy atom. The van der Waals surface area contributed by atoms with Crippen molar-refractivity contribution in [3.8, 4) is 17.1 Å². The first kappa shape index (κ1) is 22.8. The smallest absolute Gasteiger partial charge is 0.297 e. The topological polar surface area (TPSA) is 69.2 Å². The van der Waals surface area contributed by atoms with Gasteiger partial charge in [-0.15, -0.1) is 11.3 Å². The van der Waals surface area contributed by atoms with Gasteiger partial charge in [-0.25, -0.2) is 14.6 Å². The highest BCUT2D eigenvalue weighted by molar-refractivity contribution is 7.16. The summed E-state index contributed by atoms with van der Waals surface area (Å²) in [6, 6.07) is 5.17.